The van der Waals surface area contributed by atoms with E-state index in [9.17, 15) is 9.59 Å². The molecule has 1 aliphatic rings. The van der Waals surface area contributed by atoms with Gasteiger partial charge in [-0.25, -0.2) is 0 Å². The summed E-state index contributed by atoms with van der Waals surface area (Å²) in [6.45, 7) is 7.24. The highest BCUT2D eigenvalue weighted by Gasteiger charge is 2.28. The van der Waals surface area contributed by atoms with E-state index in [0.29, 0.717) is 18.2 Å². The predicted octanol–water partition coefficient (Wildman–Crippen LogP) is 2.48. The van der Waals surface area contributed by atoms with Crippen molar-refractivity contribution < 1.29 is 9.59 Å². The van der Waals surface area contributed by atoms with Crippen molar-refractivity contribution in [2.45, 2.75) is 46.1 Å². The van der Waals surface area contributed by atoms with Crippen LogP contribution in [0.25, 0.3) is 0 Å². The van der Waals surface area contributed by atoms with Gasteiger partial charge in [-0.1, -0.05) is 13.8 Å². The highest BCUT2D eigenvalue weighted by Crippen LogP contribution is 2.31. The lowest BCUT2D eigenvalue weighted by Gasteiger charge is -2.35. The fraction of sp³-hybridized carbons (Fsp3) is 0.647. The summed E-state index contributed by atoms with van der Waals surface area (Å²) in [6.07, 6.45) is 3.14. The molecule has 2 heterocycles. The molecule has 1 aromatic heterocycles. The van der Waals surface area contributed by atoms with Crippen LogP contribution in [0.1, 0.15) is 62.3 Å². The number of piperidine rings is 1. The number of carbonyl (C=O) groups excluding carboxylic acids is 2. The van der Waals surface area contributed by atoms with E-state index in [2.05, 4.69) is 19.2 Å². The van der Waals surface area contributed by atoms with E-state index in [1.807, 2.05) is 28.6 Å². The molecule has 2 rings (SSSR count). The van der Waals surface area contributed by atoms with Gasteiger partial charge in [0.25, 0.3) is 5.91 Å². The van der Waals surface area contributed by atoms with Crippen LogP contribution in [-0.2, 0) is 11.8 Å². The number of amides is 2. The van der Waals surface area contributed by atoms with Crippen molar-refractivity contribution in [3.05, 3.63) is 23.5 Å². The van der Waals surface area contributed by atoms with Gasteiger partial charge in [0.15, 0.2) is 0 Å². The molecule has 22 heavy (non-hydrogen) atoms. The normalized spacial score (nSPS) is 18.6. The van der Waals surface area contributed by atoms with Crippen LogP contribution in [0.3, 0.4) is 0 Å². The Kier molecular flexibility index (Phi) is 5.27. The number of hydrogen-bond acceptors (Lipinski definition) is 2. The summed E-state index contributed by atoms with van der Waals surface area (Å²) in [4.78, 5) is 26.0. The van der Waals surface area contributed by atoms with Crippen molar-refractivity contribution in [2.24, 2.45) is 13.0 Å². The molecule has 0 bridgehead atoms. The number of nitrogens with one attached hydrogen (secondary N) is 1. The number of nitrogens with zero attached hydrogens (tertiary/aromatic N) is 2. The van der Waals surface area contributed by atoms with Gasteiger partial charge in [0, 0.05) is 32.8 Å². The highest BCUT2D eigenvalue weighted by atomic mass is 16.2. The topological polar surface area (TPSA) is 54.3 Å². The molecule has 2 amide bonds. The standard InChI is InChI=1S/C17H27N3O2/c1-12(2)11-18-17(22)16-9-8-14(19(16)4)15-7-5-6-10-20(15)13(3)21/h8-9,12,15H,5-7,10-11H2,1-4H3,(H,18,22). The number of hydrogen-bond donors (Lipinski definition) is 1. The molecule has 1 aromatic rings. The van der Waals surface area contributed by atoms with Crippen molar-refractivity contribution in [3.8, 4) is 0 Å². The summed E-state index contributed by atoms with van der Waals surface area (Å²) in [5.74, 6) is 0.486. The van der Waals surface area contributed by atoms with Crippen LogP contribution in [-0.4, -0.2) is 34.4 Å². The predicted molar refractivity (Wildman–Crippen MR) is 86.6 cm³/mol. The maximum absolute atomic E-state index is 12.3. The highest BCUT2D eigenvalue weighted by molar-refractivity contribution is 5.92. The van der Waals surface area contributed by atoms with Crippen molar-refractivity contribution >= 4 is 11.8 Å². The minimum absolute atomic E-state index is 0.0485. The summed E-state index contributed by atoms with van der Waals surface area (Å²) in [6, 6.07) is 3.93. The maximum Gasteiger partial charge on any atom is 0.267 e. The lowest BCUT2D eigenvalue weighted by Crippen LogP contribution is -2.38. The molecule has 1 unspecified atom stereocenters. The number of aromatic nitrogens is 1. The zero-order valence-electron chi connectivity index (χ0n) is 14.1. The van der Waals surface area contributed by atoms with Gasteiger partial charge in [-0.15, -0.1) is 0 Å². The van der Waals surface area contributed by atoms with Gasteiger partial charge in [-0.05, 0) is 37.3 Å². The van der Waals surface area contributed by atoms with Crippen molar-refractivity contribution in [3.63, 3.8) is 0 Å². The molecule has 1 N–H and O–H groups in total. The molecule has 1 fully saturated rings. The largest absolute Gasteiger partial charge is 0.351 e. The molecule has 122 valence electrons. The minimum atomic E-state index is -0.0485. The molecule has 0 aromatic carbocycles. The smallest absolute Gasteiger partial charge is 0.267 e. The van der Waals surface area contributed by atoms with E-state index < -0.39 is 0 Å². The fourth-order valence-corrected chi connectivity index (χ4v) is 3.09. The second kappa shape index (κ2) is 6.99. The van der Waals surface area contributed by atoms with Crippen LogP contribution >= 0.6 is 0 Å². The first-order chi connectivity index (χ1) is 10.4. The van der Waals surface area contributed by atoms with E-state index in [4.69, 9.17) is 0 Å². The summed E-state index contributed by atoms with van der Waals surface area (Å²) in [7, 11) is 1.91. The van der Waals surface area contributed by atoms with Crippen LogP contribution in [0.5, 0.6) is 0 Å². The molecular formula is C17H27N3O2. The number of likely N-dealkylation sites (tertiary alicyclic amines) is 1. The van der Waals surface area contributed by atoms with Gasteiger partial charge in [0.05, 0.1) is 6.04 Å². The Balaban J connectivity index is 2.19. The monoisotopic (exact) mass is 305 g/mol. The molecule has 0 saturated carbocycles. The van der Waals surface area contributed by atoms with Crippen molar-refractivity contribution in [1.29, 1.82) is 0 Å². The maximum atomic E-state index is 12.3. The summed E-state index contributed by atoms with van der Waals surface area (Å²) < 4.78 is 1.93. The molecule has 0 radical (unpaired) electrons. The molecule has 1 saturated heterocycles. The summed E-state index contributed by atoms with van der Waals surface area (Å²) in [5, 5.41) is 2.95. The third-order valence-corrected chi connectivity index (χ3v) is 4.31. The Morgan fingerprint density at radius 2 is 2.05 bits per heavy atom. The first-order valence-electron chi connectivity index (χ1n) is 8.12. The van der Waals surface area contributed by atoms with Gasteiger partial charge < -0.3 is 14.8 Å². The van der Waals surface area contributed by atoms with E-state index in [-0.39, 0.29) is 17.9 Å². The molecular weight excluding hydrogens is 278 g/mol. The van der Waals surface area contributed by atoms with Crippen molar-refractivity contribution in [2.75, 3.05) is 13.1 Å². The van der Waals surface area contributed by atoms with Gasteiger partial charge in [0.1, 0.15) is 5.69 Å². The number of rotatable bonds is 4. The van der Waals surface area contributed by atoms with Gasteiger partial charge in [-0.3, -0.25) is 9.59 Å². The van der Waals surface area contributed by atoms with Crippen LogP contribution in [0.4, 0.5) is 0 Å². The first-order valence-corrected chi connectivity index (χ1v) is 8.12. The molecule has 0 aliphatic carbocycles. The SMILES string of the molecule is CC(=O)N1CCCCC1c1ccc(C(=O)NCC(C)C)n1C. The van der Waals surface area contributed by atoms with Gasteiger partial charge >= 0.3 is 0 Å². The molecule has 1 atom stereocenters. The lowest BCUT2D eigenvalue weighted by molar-refractivity contribution is -0.132. The Hall–Kier alpha value is -1.78. The Labute approximate surface area is 132 Å². The van der Waals surface area contributed by atoms with E-state index in [1.54, 1.807) is 6.92 Å². The average Bonchev–Trinajstić information content (AvgIpc) is 2.86. The third kappa shape index (κ3) is 3.51. The van der Waals surface area contributed by atoms with E-state index >= 15 is 0 Å². The quantitative estimate of drug-likeness (QED) is 0.929. The van der Waals surface area contributed by atoms with Crippen molar-refractivity contribution in [1.82, 2.24) is 14.8 Å². The Morgan fingerprint density at radius 3 is 2.68 bits per heavy atom. The summed E-state index contributed by atoms with van der Waals surface area (Å²) in [5.41, 5.74) is 1.70. The second-order valence-electron chi connectivity index (χ2n) is 6.53. The van der Waals surface area contributed by atoms with E-state index in [0.717, 1.165) is 31.5 Å². The van der Waals surface area contributed by atoms with Gasteiger partial charge in [0.2, 0.25) is 5.91 Å². The molecule has 1 aliphatic heterocycles. The number of carbonyl (C=O) groups is 2. The molecule has 5 heteroatoms. The molecule has 0 spiro atoms. The fourth-order valence-electron chi connectivity index (χ4n) is 3.09. The van der Waals surface area contributed by atoms with Gasteiger partial charge in [-0.2, -0.15) is 0 Å². The van der Waals surface area contributed by atoms with Crippen LogP contribution < -0.4 is 5.32 Å². The van der Waals surface area contributed by atoms with Crippen LogP contribution in [0.15, 0.2) is 12.1 Å². The second-order valence-corrected chi connectivity index (χ2v) is 6.53. The Bertz CT molecular complexity index is 548. The van der Waals surface area contributed by atoms with Crippen LogP contribution in [0.2, 0.25) is 0 Å². The third-order valence-electron chi connectivity index (χ3n) is 4.31. The lowest BCUT2D eigenvalue weighted by atomic mass is 9.99. The molecule has 5 nitrogen and oxygen atoms in total. The summed E-state index contributed by atoms with van der Waals surface area (Å²) >= 11 is 0. The zero-order valence-corrected chi connectivity index (χ0v) is 14.1. The first kappa shape index (κ1) is 16.6. The Morgan fingerprint density at radius 1 is 1.32 bits per heavy atom. The van der Waals surface area contributed by atoms with E-state index in [1.165, 1.54) is 0 Å². The minimum Gasteiger partial charge on any atom is -0.351 e. The zero-order chi connectivity index (χ0) is 16.3. The average molecular weight is 305 g/mol. The van der Waals surface area contributed by atoms with Crippen LogP contribution in [0, 0.1) is 5.92 Å².